The normalized spacial score (nSPS) is 12.3. The third-order valence-corrected chi connectivity index (χ3v) is 3.38. The Balaban J connectivity index is 3.38. The van der Waals surface area contributed by atoms with Gasteiger partial charge in [0.15, 0.2) is 15.6 Å². The maximum absolute atomic E-state index is 11.4. The van der Waals surface area contributed by atoms with E-state index in [0.717, 1.165) is 6.26 Å². The number of carbonyl (C=O) groups excluding carboxylic acids is 1. The molecule has 0 aromatic heterocycles. The number of carbonyl (C=O) groups is 1. The fraction of sp³-hybridized carbons (Fsp3) is 0.250. The fourth-order valence-corrected chi connectivity index (χ4v) is 2.26. The maximum Gasteiger partial charge on any atom is 0.179 e. The lowest BCUT2D eigenvalue weighted by atomic mass is 10.2. The Hall–Kier alpha value is -1.62. The lowest BCUT2D eigenvalue weighted by Crippen LogP contribution is -2.08. The molecule has 0 saturated heterocycles. The van der Waals surface area contributed by atoms with E-state index in [1.165, 1.54) is 20.1 Å². The van der Waals surface area contributed by atoms with Gasteiger partial charge < -0.3 is 4.74 Å². The van der Waals surface area contributed by atoms with E-state index in [-0.39, 0.29) is 4.91 Å². The van der Waals surface area contributed by atoms with Crippen molar-refractivity contribution in [2.24, 2.45) is 0 Å². The van der Waals surface area contributed by atoms with Crippen LogP contribution in [0, 0.1) is 0 Å². The lowest BCUT2D eigenvalue weighted by molar-refractivity contribution is -0.112. The number of allylic oxidation sites excluding steroid dienone is 1. The highest BCUT2D eigenvalue weighted by Gasteiger charge is 2.17. The van der Waals surface area contributed by atoms with Gasteiger partial charge in [-0.15, -0.1) is 0 Å². The first-order chi connectivity index (χ1) is 7.86. The molecule has 0 amide bonds. The molecule has 17 heavy (non-hydrogen) atoms. The Kier molecular flexibility index (Phi) is 4.07. The summed E-state index contributed by atoms with van der Waals surface area (Å²) < 4.78 is 28.0. The molecular weight excluding hydrogens is 240 g/mol. The summed E-state index contributed by atoms with van der Waals surface area (Å²) in [5.74, 6) is 0.0355. The summed E-state index contributed by atoms with van der Waals surface area (Å²) in [4.78, 5) is 11.1. The third kappa shape index (κ3) is 3.42. The van der Waals surface area contributed by atoms with Crippen LogP contribution < -0.4 is 4.74 Å². The van der Waals surface area contributed by atoms with Crippen molar-refractivity contribution >= 4 is 21.7 Å². The van der Waals surface area contributed by atoms with Crippen LogP contribution in [0.25, 0.3) is 6.08 Å². The van der Waals surface area contributed by atoms with Crippen molar-refractivity contribution in [3.63, 3.8) is 0 Å². The SMILES string of the molecule is COc1ccccc1C=C(C(C)=O)S(C)(=O)=O. The number of para-hydroxylation sites is 1. The minimum absolute atomic E-state index is 0.220. The zero-order valence-electron chi connectivity index (χ0n) is 9.93. The van der Waals surface area contributed by atoms with Gasteiger partial charge in [-0.2, -0.15) is 0 Å². The quantitative estimate of drug-likeness (QED) is 0.767. The van der Waals surface area contributed by atoms with Gasteiger partial charge >= 0.3 is 0 Å². The molecule has 92 valence electrons. The average Bonchev–Trinajstić information content (AvgIpc) is 2.24. The number of methoxy groups -OCH3 is 1. The molecule has 4 nitrogen and oxygen atoms in total. The van der Waals surface area contributed by atoms with E-state index in [2.05, 4.69) is 0 Å². The number of rotatable bonds is 4. The van der Waals surface area contributed by atoms with Gasteiger partial charge in [-0.25, -0.2) is 8.42 Å². The summed E-state index contributed by atoms with van der Waals surface area (Å²) in [6.07, 6.45) is 2.34. The molecule has 0 N–H and O–H groups in total. The van der Waals surface area contributed by atoms with E-state index in [1.807, 2.05) is 0 Å². The Bertz CT molecular complexity index is 556. The van der Waals surface area contributed by atoms with Crippen LogP contribution in [0.5, 0.6) is 5.75 Å². The Morgan fingerprint density at radius 2 is 1.88 bits per heavy atom. The van der Waals surface area contributed by atoms with Gasteiger partial charge in [-0.3, -0.25) is 4.79 Å². The molecule has 5 heteroatoms. The molecule has 0 atom stereocenters. The van der Waals surface area contributed by atoms with Gasteiger partial charge in [0.05, 0.1) is 7.11 Å². The van der Waals surface area contributed by atoms with Gasteiger partial charge in [-0.05, 0) is 19.1 Å². The van der Waals surface area contributed by atoms with Gasteiger partial charge in [-0.1, -0.05) is 18.2 Å². The molecule has 0 saturated carbocycles. The highest BCUT2D eigenvalue weighted by atomic mass is 32.2. The van der Waals surface area contributed by atoms with Crippen LogP contribution in [0.2, 0.25) is 0 Å². The molecule has 0 spiro atoms. The summed E-state index contributed by atoms with van der Waals surface area (Å²) in [5.41, 5.74) is 0.561. The van der Waals surface area contributed by atoms with Crippen molar-refractivity contribution in [2.45, 2.75) is 6.92 Å². The number of hydrogen-bond acceptors (Lipinski definition) is 4. The van der Waals surface area contributed by atoms with Crippen molar-refractivity contribution in [1.82, 2.24) is 0 Å². The first-order valence-corrected chi connectivity index (χ1v) is 6.81. The van der Waals surface area contributed by atoms with Crippen LogP contribution in [0.3, 0.4) is 0 Å². The number of Topliss-reactive ketones (excluding diaryl/α,β-unsaturated/α-hetero) is 1. The number of hydrogen-bond donors (Lipinski definition) is 0. The second-order valence-electron chi connectivity index (χ2n) is 3.58. The van der Waals surface area contributed by atoms with E-state index in [1.54, 1.807) is 24.3 Å². The van der Waals surface area contributed by atoms with E-state index >= 15 is 0 Å². The van der Waals surface area contributed by atoms with E-state index in [9.17, 15) is 13.2 Å². The zero-order valence-corrected chi connectivity index (χ0v) is 10.7. The third-order valence-electron chi connectivity index (χ3n) is 2.17. The number of sulfone groups is 1. The fourth-order valence-electron chi connectivity index (χ4n) is 1.40. The van der Waals surface area contributed by atoms with Crippen LogP contribution in [0.1, 0.15) is 12.5 Å². The smallest absolute Gasteiger partial charge is 0.179 e. The molecule has 0 bridgehead atoms. The average molecular weight is 254 g/mol. The van der Waals surface area contributed by atoms with E-state index in [4.69, 9.17) is 4.74 Å². The number of ether oxygens (including phenoxy) is 1. The van der Waals surface area contributed by atoms with Gasteiger partial charge in [0, 0.05) is 11.8 Å². The molecule has 0 aliphatic rings. The Labute approximate surface area is 101 Å². The topological polar surface area (TPSA) is 60.4 Å². The highest BCUT2D eigenvalue weighted by Crippen LogP contribution is 2.22. The minimum Gasteiger partial charge on any atom is -0.496 e. The molecule has 0 aliphatic carbocycles. The van der Waals surface area contributed by atoms with Gasteiger partial charge in [0.2, 0.25) is 0 Å². The Morgan fingerprint density at radius 3 is 2.35 bits per heavy atom. The van der Waals surface area contributed by atoms with Gasteiger partial charge in [0.25, 0.3) is 0 Å². The van der Waals surface area contributed by atoms with E-state index in [0.29, 0.717) is 11.3 Å². The summed E-state index contributed by atoms with van der Waals surface area (Å²) >= 11 is 0. The van der Waals surface area contributed by atoms with Crippen LogP contribution in [-0.2, 0) is 14.6 Å². The highest BCUT2D eigenvalue weighted by molar-refractivity contribution is 7.95. The van der Waals surface area contributed by atoms with Crippen molar-refractivity contribution in [3.05, 3.63) is 34.7 Å². The summed E-state index contributed by atoms with van der Waals surface area (Å²) in [5, 5.41) is 0. The molecular formula is C12H14O4S. The Morgan fingerprint density at radius 1 is 1.29 bits per heavy atom. The molecule has 1 aromatic rings. The summed E-state index contributed by atoms with van der Waals surface area (Å²) in [6, 6.07) is 6.90. The lowest BCUT2D eigenvalue weighted by Gasteiger charge is -2.05. The minimum atomic E-state index is -3.53. The molecule has 0 heterocycles. The standard InChI is InChI=1S/C12H14O4S/c1-9(13)12(17(3,14)15)8-10-6-4-5-7-11(10)16-2/h4-8H,1-3H3. The monoisotopic (exact) mass is 254 g/mol. The summed E-state index contributed by atoms with van der Waals surface area (Å²) in [7, 11) is -2.04. The molecule has 0 unspecified atom stereocenters. The largest absolute Gasteiger partial charge is 0.496 e. The number of benzene rings is 1. The van der Waals surface area contributed by atoms with Crippen LogP contribution in [0.15, 0.2) is 29.2 Å². The van der Waals surface area contributed by atoms with Crippen molar-refractivity contribution in [1.29, 1.82) is 0 Å². The second-order valence-corrected chi connectivity index (χ2v) is 5.56. The van der Waals surface area contributed by atoms with Crippen LogP contribution in [-0.4, -0.2) is 27.6 Å². The summed E-state index contributed by atoms with van der Waals surface area (Å²) in [6.45, 7) is 1.22. The predicted molar refractivity (Wildman–Crippen MR) is 66.5 cm³/mol. The first kappa shape index (κ1) is 13.4. The molecule has 1 rings (SSSR count). The van der Waals surface area contributed by atoms with Crippen LogP contribution in [0.4, 0.5) is 0 Å². The zero-order chi connectivity index (χ0) is 13.1. The predicted octanol–water partition coefficient (Wildman–Crippen LogP) is 1.67. The van der Waals surface area contributed by atoms with Crippen molar-refractivity contribution in [3.8, 4) is 5.75 Å². The van der Waals surface area contributed by atoms with Crippen molar-refractivity contribution in [2.75, 3.05) is 13.4 Å². The number of ketones is 1. The van der Waals surface area contributed by atoms with Crippen LogP contribution >= 0.6 is 0 Å². The first-order valence-electron chi connectivity index (χ1n) is 4.92. The molecule has 0 aliphatic heterocycles. The molecule has 0 radical (unpaired) electrons. The van der Waals surface area contributed by atoms with Gasteiger partial charge in [0.1, 0.15) is 10.7 Å². The van der Waals surface area contributed by atoms with Crippen molar-refractivity contribution < 1.29 is 17.9 Å². The maximum atomic E-state index is 11.4. The molecule has 0 fully saturated rings. The second kappa shape index (κ2) is 5.14. The van der Waals surface area contributed by atoms with E-state index < -0.39 is 15.6 Å². The molecule has 1 aromatic carbocycles.